The number of carbonyl (C=O) groups is 2. The van der Waals surface area contributed by atoms with Crippen LogP contribution in [0.4, 0.5) is 4.39 Å². The molecule has 1 fully saturated rings. The summed E-state index contributed by atoms with van der Waals surface area (Å²) in [5, 5.41) is 7.42. The summed E-state index contributed by atoms with van der Waals surface area (Å²) < 4.78 is 26.7. The number of ether oxygens (including phenoxy) is 2. The Labute approximate surface area is 164 Å². The van der Waals surface area contributed by atoms with Gasteiger partial charge in [-0.1, -0.05) is 25.1 Å². The number of rotatable bonds is 4. The van der Waals surface area contributed by atoms with Crippen LogP contribution in [0.15, 0.2) is 52.2 Å². The maximum Gasteiger partial charge on any atom is 0.338 e. The van der Waals surface area contributed by atoms with E-state index in [2.05, 4.69) is 0 Å². The number of nitrogens with one attached hydrogen (secondary N) is 1. The van der Waals surface area contributed by atoms with Gasteiger partial charge < -0.3 is 14.6 Å². The molecule has 4 atom stereocenters. The van der Waals surface area contributed by atoms with Gasteiger partial charge in [-0.05, 0) is 18.6 Å². The minimum atomic E-state index is -1.75. The standard InChI is InChI=1S/C17H17FN2O5.C2H4O2/c1-2-11-14(25-16(22)10-6-4-3-5-7-10)13(18)15(24-11)20-9-8-12(21)19-17(20)23;1-2(3)4/h3-9,11,13-15H,2H2,1H3,(H,19,21,23);1H3,(H,3,4)/t11-,13-,14-,15-;/m1./s1. The highest BCUT2D eigenvalue weighted by molar-refractivity contribution is 5.89. The number of benzene rings is 1. The molecule has 2 heterocycles. The number of esters is 1. The Morgan fingerprint density at radius 2 is 1.86 bits per heavy atom. The Hall–Kier alpha value is -3.27. The fourth-order valence-corrected chi connectivity index (χ4v) is 2.78. The number of hydrogen-bond acceptors (Lipinski definition) is 6. The molecular weight excluding hydrogens is 387 g/mol. The van der Waals surface area contributed by atoms with Crippen molar-refractivity contribution in [1.29, 1.82) is 0 Å². The van der Waals surface area contributed by atoms with Gasteiger partial charge in [0.05, 0.1) is 5.56 Å². The molecule has 2 aromatic rings. The van der Waals surface area contributed by atoms with Crippen molar-refractivity contribution in [3.8, 4) is 0 Å². The van der Waals surface area contributed by atoms with E-state index in [4.69, 9.17) is 19.4 Å². The van der Waals surface area contributed by atoms with E-state index in [-0.39, 0.29) is 0 Å². The van der Waals surface area contributed by atoms with Crippen LogP contribution in [0.2, 0.25) is 0 Å². The summed E-state index contributed by atoms with van der Waals surface area (Å²) in [6.45, 7) is 2.85. The van der Waals surface area contributed by atoms with Gasteiger partial charge in [0, 0.05) is 19.2 Å². The van der Waals surface area contributed by atoms with Crippen molar-refractivity contribution < 1.29 is 28.6 Å². The molecule has 0 saturated carbocycles. The van der Waals surface area contributed by atoms with Gasteiger partial charge >= 0.3 is 11.7 Å². The number of nitrogens with zero attached hydrogens (tertiary/aromatic N) is 1. The summed E-state index contributed by atoms with van der Waals surface area (Å²) in [6.07, 6.45) is -3.33. The van der Waals surface area contributed by atoms with Crippen LogP contribution in [0, 0.1) is 0 Å². The molecule has 0 bridgehead atoms. The first kappa shape index (κ1) is 22.0. The molecule has 10 heteroatoms. The first-order chi connectivity index (χ1) is 13.7. The summed E-state index contributed by atoms with van der Waals surface area (Å²) in [4.78, 5) is 46.3. The molecular formula is C19H21FN2O7. The molecule has 1 aromatic heterocycles. The number of aromatic nitrogens is 2. The average Bonchev–Trinajstić information content (AvgIpc) is 2.98. The van der Waals surface area contributed by atoms with Crippen LogP contribution in [0.1, 0.15) is 36.9 Å². The van der Waals surface area contributed by atoms with E-state index in [1.54, 1.807) is 37.3 Å². The molecule has 156 valence electrons. The predicted octanol–water partition coefficient (Wildman–Crippen LogP) is 1.50. The van der Waals surface area contributed by atoms with Crippen molar-refractivity contribution in [3.05, 3.63) is 69.0 Å². The second-order valence-electron chi connectivity index (χ2n) is 6.19. The second-order valence-corrected chi connectivity index (χ2v) is 6.19. The Morgan fingerprint density at radius 1 is 1.24 bits per heavy atom. The number of carboxylic acids is 1. The minimum absolute atomic E-state index is 0.300. The van der Waals surface area contributed by atoms with Gasteiger partial charge in [0.15, 0.2) is 18.5 Å². The minimum Gasteiger partial charge on any atom is -0.481 e. The van der Waals surface area contributed by atoms with Gasteiger partial charge in [0.2, 0.25) is 0 Å². The lowest BCUT2D eigenvalue weighted by Gasteiger charge is -2.18. The zero-order valence-corrected chi connectivity index (χ0v) is 15.8. The van der Waals surface area contributed by atoms with E-state index in [9.17, 15) is 18.8 Å². The molecule has 0 aliphatic carbocycles. The van der Waals surface area contributed by atoms with Crippen molar-refractivity contribution in [3.63, 3.8) is 0 Å². The molecule has 0 spiro atoms. The lowest BCUT2D eigenvalue weighted by molar-refractivity contribution is -0.134. The molecule has 0 radical (unpaired) electrons. The third kappa shape index (κ3) is 5.61. The van der Waals surface area contributed by atoms with E-state index in [1.807, 2.05) is 4.98 Å². The van der Waals surface area contributed by atoms with Crippen LogP contribution < -0.4 is 11.2 Å². The lowest BCUT2D eigenvalue weighted by Crippen LogP contribution is -2.37. The quantitative estimate of drug-likeness (QED) is 0.734. The molecule has 1 aromatic carbocycles. The van der Waals surface area contributed by atoms with Crippen LogP contribution in [-0.2, 0) is 14.3 Å². The highest BCUT2D eigenvalue weighted by atomic mass is 19.1. The SMILES string of the molecule is CC(=O)O.CC[C@H]1O[C@@H](n2ccc(=O)[nH]c2=O)[C@H](F)[C@@H]1OC(=O)c1ccccc1. The number of alkyl halides is 1. The lowest BCUT2D eigenvalue weighted by atomic mass is 10.1. The highest BCUT2D eigenvalue weighted by Gasteiger charge is 2.48. The number of H-pyrrole nitrogens is 1. The van der Waals surface area contributed by atoms with Crippen LogP contribution >= 0.6 is 0 Å². The number of aliphatic carboxylic acids is 1. The largest absolute Gasteiger partial charge is 0.481 e. The Morgan fingerprint density at radius 3 is 2.41 bits per heavy atom. The van der Waals surface area contributed by atoms with Crippen LogP contribution in [0.25, 0.3) is 0 Å². The average molecular weight is 408 g/mol. The zero-order chi connectivity index (χ0) is 21.6. The predicted molar refractivity (Wildman–Crippen MR) is 99.4 cm³/mol. The third-order valence-corrected chi connectivity index (χ3v) is 4.05. The number of aromatic amines is 1. The third-order valence-electron chi connectivity index (χ3n) is 4.05. The normalized spacial score (nSPS) is 23.0. The van der Waals surface area contributed by atoms with Crippen molar-refractivity contribution in [2.45, 2.75) is 44.9 Å². The maximum absolute atomic E-state index is 14.9. The molecule has 2 N–H and O–H groups in total. The molecule has 0 amide bonds. The summed E-state index contributed by atoms with van der Waals surface area (Å²) >= 11 is 0. The molecule has 1 aliphatic rings. The van der Waals surface area contributed by atoms with Gasteiger partial charge in [0.1, 0.15) is 6.10 Å². The van der Waals surface area contributed by atoms with Gasteiger partial charge in [-0.25, -0.2) is 14.0 Å². The first-order valence-corrected chi connectivity index (χ1v) is 8.81. The molecule has 0 unspecified atom stereocenters. The van der Waals surface area contributed by atoms with Crippen LogP contribution in [0.3, 0.4) is 0 Å². The smallest absolute Gasteiger partial charge is 0.338 e. The Bertz CT molecular complexity index is 953. The van der Waals surface area contributed by atoms with Crippen LogP contribution in [-0.4, -0.2) is 45.0 Å². The van der Waals surface area contributed by atoms with Gasteiger partial charge in [-0.3, -0.25) is 19.1 Å². The second kappa shape index (κ2) is 9.78. The van der Waals surface area contributed by atoms with Gasteiger partial charge in [-0.2, -0.15) is 0 Å². The summed E-state index contributed by atoms with van der Waals surface area (Å²) in [5.41, 5.74) is -1.08. The van der Waals surface area contributed by atoms with Crippen molar-refractivity contribution >= 4 is 11.9 Å². The number of hydrogen-bond donors (Lipinski definition) is 2. The van der Waals surface area contributed by atoms with Gasteiger partial charge in [0.25, 0.3) is 11.5 Å². The van der Waals surface area contributed by atoms with Crippen molar-refractivity contribution in [2.75, 3.05) is 0 Å². The van der Waals surface area contributed by atoms with Crippen molar-refractivity contribution in [2.24, 2.45) is 0 Å². The topological polar surface area (TPSA) is 128 Å². The fourth-order valence-electron chi connectivity index (χ4n) is 2.78. The Balaban J connectivity index is 0.000000687. The monoisotopic (exact) mass is 408 g/mol. The van der Waals surface area contributed by atoms with E-state index in [0.717, 1.165) is 23.8 Å². The fraction of sp³-hybridized carbons (Fsp3) is 0.368. The molecule has 1 aliphatic heterocycles. The van der Waals surface area contributed by atoms with Crippen LogP contribution in [0.5, 0.6) is 0 Å². The highest BCUT2D eigenvalue weighted by Crippen LogP contribution is 2.34. The maximum atomic E-state index is 14.9. The number of carbonyl (C=O) groups excluding carboxylic acids is 1. The summed E-state index contributed by atoms with van der Waals surface area (Å²) in [6, 6.07) is 9.33. The van der Waals surface area contributed by atoms with E-state index in [0.29, 0.717) is 12.0 Å². The summed E-state index contributed by atoms with van der Waals surface area (Å²) in [5.74, 6) is -1.50. The van der Waals surface area contributed by atoms with Crippen molar-refractivity contribution in [1.82, 2.24) is 9.55 Å². The zero-order valence-electron chi connectivity index (χ0n) is 15.8. The van der Waals surface area contributed by atoms with Gasteiger partial charge in [-0.15, -0.1) is 0 Å². The van der Waals surface area contributed by atoms with E-state index in [1.165, 1.54) is 0 Å². The van der Waals surface area contributed by atoms with E-state index < -0.39 is 47.8 Å². The van der Waals surface area contributed by atoms with E-state index >= 15 is 0 Å². The molecule has 9 nitrogen and oxygen atoms in total. The molecule has 29 heavy (non-hydrogen) atoms. The first-order valence-electron chi connectivity index (χ1n) is 8.81. The number of carboxylic acid groups (broad SMARTS) is 1. The number of halogens is 1. The molecule has 1 saturated heterocycles. The Kier molecular flexibility index (Phi) is 7.43. The molecule has 3 rings (SSSR count). The summed E-state index contributed by atoms with van der Waals surface area (Å²) in [7, 11) is 0.